The van der Waals surface area contributed by atoms with Crippen LogP contribution in [0.3, 0.4) is 0 Å². The predicted octanol–water partition coefficient (Wildman–Crippen LogP) is 10.9. The number of carboxylic acids is 1. The molecule has 3 aromatic carbocycles. The number of amides is 1. The van der Waals surface area contributed by atoms with Crippen molar-refractivity contribution in [2.75, 3.05) is 11.1 Å². The van der Waals surface area contributed by atoms with Crippen LogP contribution in [0.5, 0.6) is 0 Å². The van der Waals surface area contributed by atoms with Crippen molar-refractivity contribution < 1.29 is 29.3 Å². The first-order chi connectivity index (χ1) is 24.4. The third-order valence-corrected chi connectivity index (χ3v) is 10.7. The Morgan fingerprint density at radius 3 is 1.98 bits per heavy atom. The molecule has 1 aliphatic heterocycles. The maximum Gasteiger partial charge on any atom is 0.335 e. The zero-order chi connectivity index (χ0) is 35.6. The van der Waals surface area contributed by atoms with Crippen molar-refractivity contribution in [3.8, 4) is 0 Å². The van der Waals surface area contributed by atoms with Gasteiger partial charge in [-0.1, -0.05) is 127 Å². The highest BCUT2D eigenvalue weighted by Crippen LogP contribution is 2.43. The van der Waals surface area contributed by atoms with Gasteiger partial charge in [0.25, 0.3) is 0 Å². The number of nitrogens with one attached hydrogen (secondary N) is 1. The molecule has 7 nitrogen and oxygen atoms in total. The minimum absolute atomic E-state index is 0.0141. The Balaban J connectivity index is 1.28. The number of thioether (sulfide) groups is 1. The molecule has 8 heteroatoms. The van der Waals surface area contributed by atoms with E-state index in [0.717, 1.165) is 40.1 Å². The van der Waals surface area contributed by atoms with Crippen LogP contribution in [0, 0.1) is 5.92 Å². The van der Waals surface area contributed by atoms with Gasteiger partial charge in [-0.2, -0.15) is 0 Å². The van der Waals surface area contributed by atoms with Crippen LogP contribution in [0.15, 0.2) is 77.7 Å². The zero-order valence-electron chi connectivity index (χ0n) is 30.0. The number of anilines is 1. The monoisotopic (exact) mass is 703 g/mol. The van der Waals surface area contributed by atoms with Gasteiger partial charge in [0.1, 0.15) is 0 Å². The number of ether oxygens (including phenoxy) is 2. The smallest absolute Gasteiger partial charge is 0.335 e. The first kappa shape index (κ1) is 39.6. The summed E-state index contributed by atoms with van der Waals surface area (Å²) in [6.45, 7) is 4.36. The summed E-state index contributed by atoms with van der Waals surface area (Å²) in [5.41, 5.74) is 3.65. The van der Waals surface area contributed by atoms with E-state index >= 15 is 0 Å². The summed E-state index contributed by atoms with van der Waals surface area (Å²) in [6.07, 6.45) is 16.0. The molecule has 4 rings (SSSR count). The standard InChI is InChI=1S/C42H57NO6S/c1-3-4-5-6-7-8-9-10-11-12-13-14-15-19-39(45)43-36-18-16-17-35(28-36)42-48-38(30-50-37-26-24-34(25-27-37)41(46)47)31(2)40(49-42)33-22-20-32(29-44)21-23-33/h16-18,20-28,31,38,40,42,44H,3-15,19,29-30H2,1-2H3,(H,43,45)(H,46,47). The lowest BCUT2D eigenvalue weighted by molar-refractivity contribution is -0.268. The Morgan fingerprint density at radius 2 is 1.38 bits per heavy atom. The molecule has 1 fully saturated rings. The first-order valence-electron chi connectivity index (χ1n) is 18.7. The van der Waals surface area contributed by atoms with Crippen molar-refractivity contribution in [1.82, 2.24) is 0 Å². The van der Waals surface area contributed by atoms with Gasteiger partial charge in [0.15, 0.2) is 6.29 Å². The van der Waals surface area contributed by atoms with E-state index in [-0.39, 0.29) is 36.2 Å². The van der Waals surface area contributed by atoms with Crippen molar-refractivity contribution in [2.45, 2.75) is 134 Å². The molecule has 4 unspecified atom stereocenters. The third kappa shape index (κ3) is 13.2. The summed E-state index contributed by atoms with van der Waals surface area (Å²) in [4.78, 5) is 25.1. The normalized spacial score (nSPS) is 18.9. The van der Waals surface area contributed by atoms with E-state index in [1.54, 1.807) is 23.9 Å². The number of hydrogen-bond donors (Lipinski definition) is 3. The zero-order valence-corrected chi connectivity index (χ0v) is 30.8. The second-order valence-corrected chi connectivity index (χ2v) is 14.7. The summed E-state index contributed by atoms with van der Waals surface area (Å²) < 4.78 is 13.2. The Bertz CT molecular complexity index is 1430. The molecule has 0 spiro atoms. The van der Waals surface area contributed by atoms with Crippen molar-refractivity contribution in [2.24, 2.45) is 5.92 Å². The van der Waals surface area contributed by atoms with Crippen LogP contribution in [0.25, 0.3) is 0 Å². The summed E-state index contributed by atoms with van der Waals surface area (Å²) in [6, 6.07) is 22.4. The third-order valence-electron chi connectivity index (χ3n) is 9.59. The van der Waals surface area contributed by atoms with Gasteiger partial charge in [0.2, 0.25) is 5.91 Å². The lowest BCUT2D eigenvalue weighted by Crippen LogP contribution is -2.38. The second-order valence-electron chi connectivity index (χ2n) is 13.6. The number of rotatable bonds is 22. The van der Waals surface area contributed by atoms with Crippen molar-refractivity contribution >= 4 is 29.3 Å². The maximum absolute atomic E-state index is 12.8. The Morgan fingerprint density at radius 1 is 0.760 bits per heavy atom. The molecule has 1 heterocycles. The Hall–Kier alpha value is -3.17. The second kappa shape index (κ2) is 21.9. The number of carboxylic acid groups (broad SMARTS) is 1. The average molecular weight is 704 g/mol. The molecule has 1 aliphatic rings. The molecule has 0 radical (unpaired) electrons. The van der Waals surface area contributed by atoms with Gasteiger partial charge in [-0.3, -0.25) is 4.79 Å². The largest absolute Gasteiger partial charge is 0.478 e. The quantitative estimate of drug-likeness (QED) is 0.0706. The van der Waals surface area contributed by atoms with Gasteiger partial charge in [-0.05, 0) is 53.9 Å². The van der Waals surface area contributed by atoms with Gasteiger partial charge in [0.05, 0.1) is 24.4 Å². The van der Waals surface area contributed by atoms with Crippen LogP contribution in [-0.4, -0.2) is 33.9 Å². The van der Waals surface area contributed by atoms with E-state index in [9.17, 15) is 19.8 Å². The number of aliphatic hydroxyl groups is 1. The first-order valence-corrected chi connectivity index (χ1v) is 19.7. The molecule has 272 valence electrons. The number of aromatic carboxylic acids is 1. The Kier molecular flexibility index (Phi) is 17.4. The van der Waals surface area contributed by atoms with Gasteiger partial charge in [-0.25, -0.2) is 4.79 Å². The fraction of sp³-hybridized carbons (Fsp3) is 0.524. The topological polar surface area (TPSA) is 105 Å². The molecule has 0 bridgehead atoms. The van der Waals surface area contributed by atoms with Crippen molar-refractivity contribution in [3.05, 3.63) is 95.1 Å². The summed E-state index contributed by atoms with van der Waals surface area (Å²) in [5, 5.41) is 21.9. The molecule has 50 heavy (non-hydrogen) atoms. The van der Waals surface area contributed by atoms with Crippen molar-refractivity contribution in [1.29, 1.82) is 0 Å². The molecular formula is C42H57NO6S. The average Bonchev–Trinajstić information content (AvgIpc) is 3.13. The van der Waals surface area contributed by atoms with E-state index in [4.69, 9.17) is 9.47 Å². The summed E-state index contributed by atoms with van der Waals surface area (Å²) in [5.74, 6) is -0.262. The van der Waals surface area contributed by atoms with Gasteiger partial charge in [0, 0.05) is 34.2 Å². The van der Waals surface area contributed by atoms with Crippen LogP contribution in [-0.2, 0) is 20.9 Å². The van der Waals surface area contributed by atoms with Crippen LogP contribution in [0.2, 0.25) is 0 Å². The van der Waals surface area contributed by atoms with E-state index in [1.807, 2.05) is 60.7 Å². The van der Waals surface area contributed by atoms with Gasteiger partial charge in [-0.15, -0.1) is 11.8 Å². The van der Waals surface area contributed by atoms with E-state index in [1.165, 1.54) is 70.6 Å². The minimum atomic E-state index is -0.946. The van der Waals surface area contributed by atoms with Crippen LogP contribution in [0.1, 0.15) is 143 Å². The molecular weight excluding hydrogens is 647 g/mol. The predicted molar refractivity (Wildman–Crippen MR) is 202 cm³/mol. The summed E-state index contributed by atoms with van der Waals surface area (Å²) >= 11 is 1.62. The lowest BCUT2D eigenvalue weighted by Gasteiger charge is -2.41. The molecule has 4 atom stereocenters. The molecule has 1 saturated heterocycles. The SMILES string of the molecule is CCCCCCCCCCCCCCCC(=O)Nc1cccc(C2OC(CSc3ccc(C(=O)O)cc3)C(C)C(c3ccc(CO)cc3)O2)c1. The highest BCUT2D eigenvalue weighted by molar-refractivity contribution is 7.99. The molecule has 1 amide bonds. The van der Waals surface area contributed by atoms with Crippen LogP contribution >= 0.6 is 11.8 Å². The number of aliphatic hydroxyl groups excluding tert-OH is 1. The molecule has 0 aromatic heterocycles. The molecule has 0 saturated carbocycles. The van der Waals surface area contributed by atoms with Gasteiger partial charge < -0.3 is 25.0 Å². The van der Waals surface area contributed by atoms with E-state index in [0.29, 0.717) is 12.2 Å². The fourth-order valence-electron chi connectivity index (χ4n) is 6.47. The number of carbonyl (C=O) groups excluding carboxylic acids is 1. The van der Waals surface area contributed by atoms with Gasteiger partial charge >= 0.3 is 5.97 Å². The van der Waals surface area contributed by atoms with Crippen molar-refractivity contribution in [3.63, 3.8) is 0 Å². The molecule has 3 N–H and O–H groups in total. The van der Waals surface area contributed by atoms with E-state index < -0.39 is 12.3 Å². The number of hydrogen-bond acceptors (Lipinski definition) is 6. The van der Waals surface area contributed by atoms with Crippen LogP contribution in [0.4, 0.5) is 5.69 Å². The lowest BCUT2D eigenvalue weighted by atomic mass is 9.91. The maximum atomic E-state index is 12.8. The highest BCUT2D eigenvalue weighted by Gasteiger charge is 2.38. The van der Waals surface area contributed by atoms with E-state index in [2.05, 4.69) is 19.2 Å². The molecule has 0 aliphatic carbocycles. The molecule has 3 aromatic rings. The minimum Gasteiger partial charge on any atom is -0.478 e. The number of carbonyl (C=O) groups is 2. The number of benzene rings is 3. The summed E-state index contributed by atoms with van der Waals surface area (Å²) in [7, 11) is 0. The fourth-order valence-corrected chi connectivity index (χ4v) is 7.54. The van der Waals surface area contributed by atoms with Crippen LogP contribution < -0.4 is 5.32 Å². The highest BCUT2D eigenvalue weighted by atomic mass is 32.2. The number of unbranched alkanes of at least 4 members (excludes halogenated alkanes) is 12. The Labute approximate surface area is 303 Å².